The van der Waals surface area contributed by atoms with Crippen LogP contribution in [0.4, 0.5) is 0 Å². The van der Waals surface area contributed by atoms with Gasteiger partial charge in [0.15, 0.2) is 0 Å². The van der Waals surface area contributed by atoms with Crippen LogP contribution in [0, 0.1) is 6.55 Å². The molecule has 0 aliphatic heterocycles. The Balaban J connectivity index is 3.77. The predicted octanol–water partition coefficient (Wildman–Crippen LogP) is 6.77. The second kappa shape index (κ2) is 12.3. The van der Waals surface area contributed by atoms with Crippen LogP contribution in [-0.2, 0) is 0 Å². The Kier molecular flexibility index (Phi) is 12.4. The van der Waals surface area contributed by atoms with Crippen LogP contribution < -0.4 is 0 Å². The van der Waals surface area contributed by atoms with Crippen molar-refractivity contribution in [2.75, 3.05) is 0 Å². The molecule has 1 heteroatoms. The monoisotopic (exact) mass is 269 g/mol. The van der Waals surface area contributed by atoms with Crippen molar-refractivity contribution in [1.82, 2.24) is 0 Å². The lowest BCUT2D eigenvalue weighted by molar-refractivity contribution is 0.621. The number of hydrogen-bond acceptors (Lipinski definition) is 0. The van der Waals surface area contributed by atoms with E-state index in [0.29, 0.717) is 0 Å². The van der Waals surface area contributed by atoms with Crippen LogP contribution in [0.25, 0.3) is 0 Å². The van der Waals surface area contributed by atoms with Crippen LogP contribution in [0.15, 0.2) is 0 Å². The smallest absolute Gasteiger partial charge is 0.0533 e. The molecule has 0 fully saturated rings. The lowest BCUT2D eigenvalue weighted by atomic mass is 10.1. The quantitative estimate of drug-likeness (QED) is 0.256. The fraction of sp³-hybridized carbons (Fsp3) is 0.941. The van der Waals surface area contributed by atoms with E-state index in [-0.39, 0.29) is 0 Å². The van der Waals surface area contributed by atoms with Crippen molar-refractivity contribution in [3.63, 3.8) is 0 Å². The lowest BCUT2D eigenvalue weighted by Crippen LogP contribution is -2.30. The van der Waals surface area contributed by atoms with Gasteiger partial charge >= 0.3 is 0 Å². The van der Waals surface area contributed by atoms with Crippen molar-refractivity contribution in [2.24, 2.45) is 0 Å². The maximum absolute atomic E-state index is 4.72. The van der Waals surface area contributed by atoms with E-state index in [1.807, 2.05) is 0 Å². The topological polar surface area (TPSA) is 0 Å². The van der Waals surface area contributed by atoms with Gasteiger partial charge in [-0.15, -0.1) is 0 Å². The molecule has 0 amide bonds. The Morgan fingerprint density at radius 1 is 0.556 bits per heavy atom. The Morgan fingerprint density at radius 3 is 1.44 bits per heavy atom. The van der Waals surface area contributed by atoms with Gasteiger partial charge in [0, 0.05) is 0 Å². The molecule has 109 valence electrons. The Morgan fingerprint density at radius 2 is 0.944 bits per heavy atom. The average Bonchev–Trinajstić information content (AvgIpc) is 2.38. The molecule has 0 rings (SSSR count). The minimum Gasteiger partial charge on any atom is -0.0654 e. The average molecular weight is 270 g/mol. The van der Waals surface area contributed by atoms with Crippen molar-refractivity contribution in [3.05, 3.63) is 6.55 Å². The van der Waals surface area contributed by atoms with E-state index in [1.54, 1.807) is 0 Å². The first-order chi connectivity index (χ1) is 8.68. The van der Waals surface area contributed by atoms with Crippen LogP contribution in [0.1, 0.15) is 85.0 Å². The van der Waals surface area contributed by atoms with Crippen molar-refractivity contribution >= 4 is 8.07 Å². The van der Waals surface area contributed by atoms with Crippen molar-refractivity contribution in [1.29, 1.82) is 0 Å². The summed E-state index contributed by atoms with van der Waals surface area (Å²) in [5, 5.41) is 0. The van der Waals surface area contributed by atoms with Crippen molar-refractivity contribution in [3.8, 4) is 0 Å². The normalized spacial score (nSPS) is 12.0. The number of hydrogen-bond donors (Lipinski definition) is 0. The molecule has 0 aliphatic carbocycles. The molecule has 0 nitrogen and oxygen atoms in total. The minimum atomic E-state index is -1.11. The van der Waals surface area contributed by atoms with Crippen molar-refractivity contribution < 1.29 is 0 Å². The van der Waals surface area contributed by atoms with Gasteiger partial charge in [0.05, 0.1) is 8.07 Å². The van der Waals surface area contributed by atoms with Crippen molar-refractivity contribution in [2.45, 2.75) is 103 Å². The van der Waals surface area contributed by atoms with E-state index >= 15 is 0 Å². The summed E-state index contributed by atoms with van der Waals surface area (Å²) in [7, 11) is -1.11. The largest absolute Gasteiger partial charge is 0.0654 e. The fourth-order valence-corrected chi connectivity index (χ4v) is 6.72. The summed E-state index contributed by atoms with van der Waals surface area (Å²) in [5.41, 5.74) is 0. The maximum Gasteiger partial charge on any atom is 0.0533 e. The molecule has 0 atom stereocenters. The first kappa shape index (κ1) is 18.2. The molecule has 0 bridgehead atoms. The molecule has 0 aromatic rings. The van der Waals surface area contributed by atoms with Crippen LogP contribution >= 0.6 is 0 Å². The van der Waals surface area contributed by atoms with Gasteiger partial charge in [-0.2, -0.15) is 0 Å². The van der Waals surface area contributed by atoms with Gasteiger partial charge in [0.1, 0.15) is 0 Å². The summed E-state index contributed by atoms with van der Waals surface area (Å²) in [5.74, 6) is 0. The van der Waals surface area contributed by atoms with E-state index in [9.17, 15) is 0 Å². The molecule has 0 spiro atoms. The lowest BCUT2D eigenvalue weighted by Gasteiger charge is -2.27. The van der Waals surface area contributed by atoms with Gasteiger partial charge < -0.3 is 0 Å². The summed E-state index contributed by atoms with van der Waals surface area (Å²) in [4.78, 5) is 0. The first-order valence-corrected chi connectivity index (χ1v) is 11.4. The van der Waals surface area contributed by atoms with Gasteiger partial charge in [-0.25, -0.2) is 0 Å². The number of unbranched alkanes of at least 4 members (excludes halogenated alkanes) is 7. The Hall–Kier alpha value is 0.217. The highest BCUT2D eigenvalue weighted by molar-refractivity contribution is 6.81. The SMILES string of the molecule is [CH2][Si](CCCC)(CCCC)CCCCCCCC. The standard InChI is InChI=1S/C17H37Si/c1-5-8-11-12-13-14-17-18(4,15-9-6-2)16-10-7-3/h4-17H2,1-3H3. The highest BCUT2D eigenvalue weighted by Gasteiger charge is 2.24. The predicted molar refractivity (Wildman–Crippen MR) is 88.7 cm³/mol. The van der Waals surface area contributed by atoms with Gasteiger partial charge in [0.2, 0.25) is 0 Å². The first-order valence-electron chi connectivity index (χ1n) is 8.54. The summed E-state index contributed by atoms with van der Waals surface area (Å²) in [6, 6.07) is 4.47. The van der Waals surface area contributed by atoms with Gasteiger partial charge in [0.25, 0.3) is 0 Å². The van der Waals surface area contributed by atoms with Gasteiger partial charge in [-0.1, -0.05) is 110 Å². The minimum absolute atomic E-state index is 1.11. The highest BCUT2D eigenvalue weighted by atomic mass is 28.3. The fourth-order valence-electron chi connectivity index (χ4n) is 2.76. The third kappa shape index (κ3) is 10.2. The molecule has 0 saturated carbocycles. The molecule has 0 aromatic heterocycles. The molecular formula is C17H37Si. The zero-order valence-corrected chi connectivity index (χ0v) is 14.4. The zero-order valence-electron chi connectivity index (χ0n) is 13.4. The molecular weight excluding hydrogens is 232 g/mol. The summed E-state index contributed by atoms with van der Waals surface area (Å²) >= 11 is 0. The molecule has 0 heterocycles. The van der Waals surface area contributed by atoms with E-state index < -0.39 is 8.07 Å². The molecule has 0 saturated heterocycles. The van der Waals surface area contributed by atoms with Crippen LogP contribution in [-0.4, -0.2) is 8.07 Å². The summed E-state index contributed by atoms with van der Waals surface area (Å²) in [6.45, 7) is 11.7. The van der Waals surface area contributed by atoms with E-state index in [0.717, 1.165) is 0 Å². The highest BCUT2D eigenvalue weighted by Crippen LogP contribution is 2.27. The maximum atomic E-state index is 4.72. The molecule has 1 radical (unpaired) electrons. The molecule has 0 aliphatic rings. The third-order valence-corrected chi connectivity index (χ3v) is 8.42. The van der Waals surface area contributed by atoms with E-state index in [4.69, 9.17) is 6.55 Å². The van der Waals surface area contributed by atoms with Gasteiger partial charge in [-0.3, -0.25) is 0 Å². The second-order valence-corrected chi connectivity index (χ2v) is 10.7. The molecule has 0 aromatic carbocycles. The second-order valence-electron chi connectivity index (χ2n) is 6.22. The number of rotatable bonds is 13. The molecule has 18 heavy (non-hydrogen) atoms. The van der Waals surface area contributed by atoms with Crippen LogP contribution in [0.3, 0.4) is 0 Å². The summed E-state index contributed by atoms with van der Waals surface area (Å²) < 4.78 is 0. The Bertz CT molecular complexity index is 157. The summed E-state index contributed by atoms with van der Waals surface area (Å²) in [6.07, 6.45) is 14.2. The van der Waals surface area contributed by atoms with E-state index in [1.165, 1.54) is 82.3 Å². The van der Waals surface area contributed by atoms with Gasteiger partial charge in [-0.05, 0) is 0 Å². The van der Waals surface area contributed by atoms with E-state index in [2.05, 4.69) is 20.8 Å². The van der Waals surface area contributed by atoms with Crippen LogP contribution in [0.5, 0.6) is 0 Å². The molecule has 0 unspecified atom stereocenters. The third-order valence-electron chi connectivity index (χ3n) is 4.18. The molecule has 0 N–H and O–H groups in total. The Labute approximate surface area is 118 Å². The zero-order chi connectivity index (χ0) is 13.7. The van der Waals surface area contributed by atoms with Crippen LogP contribution in [0.2, 0.25) is 18.1 Å².